The first-order chi connectivity index (χ1) is 18.9. The number of hydrogen-bond acceptors (Lipinski definition) is 5. The fourth-order valence-electron chi connectivity index (χ4n) is 4.81. The van der Waals surface area contributed by atoms with Crippen LogP contribution in [0.2, 0.25) is 0 Å². The van der Waals surface area contributed by atoms with Gasteiger partial charge in [0, 0.05) is 26.3 Å². The van der Waals surface area contributed by atoms with Gasteiger partial charge in [-0.3, -0.25) is 4.79 Å². The molecule has 1 N–H and O–H groups in total. The zero-order valence-corrected chi connectivity index (χ0v) is 24.4. The number of carbonyl (C=O) groups excluding carboxylic acids is 1. The van der Waals surface area contributed by atoms with E-state index in [0.29, 0.717) is 17.1 Å². The van der Waals surface area contributed by atoms with Crippen molar-refractivity contribution in [1.29, 1.82) is 0 Å². The van der Waals surface area contributed by atoms with Crippen molar-refractivity contribution in [3.8, 4) is 16.5 Å². The van der Waals surface area contributed by atoms with Crippen molar-refractivity contribution >= 4 is 39.4 Å². The lowest BCUT2D eigenvalue weighted by Crippen LogP contribution is -2.21. The minimum absolute atomic E-state index is 0.213. The number of nitrogens with zero attached hydrogens (tertiary/aromatic N) is 2. The minimum atomic E-state index is -0.292. The molecule has 9 heteroatoms. The average molecular weight is 611 g/mol. The van der Waals surface area contributed by atoms with Gasteiger partial charge in [0.15, 0.2) is 11.5 Å². The van der Waals surface area contributed by atoms with Crippen molar-refractivity contribution in [3.05, 3.63) is 97.3 Å². The SMILES string of the molecule is COc1cc(/C=N/NC(=O)c2c(-n3c(C)ccc3C)sc3c2CCCC3)c(Br)cc1OCc1ccc(F)cc1. The topological polar surface area (TPSA) is 64.8 Å². The van der Waals surface area contributed by atoms with Crippen LogP contribution in [0, 0.1) is 19.7 Å². The van der Waals surface area contributed by atoms with Gasteiger partial charge in [0.2, 0.25) is 0 Å². The monoisotopic (exact) mass is 609 g/mol. The van der Waals surface area contributed by atoms with E-state index in [1.54, 1.807) is 48.9 Å². The number of hydrazone groups is 1. The van der Waals surface area contributed by atoms with Gasteiger partial charge in [0.1, 0.15) is 17.4 Å². The normalized spacial score (nSPS) is 12.9. The average Bonchev–Trinajstić information content (AvgIpc) is 3.47. The highest BCUT2D eigenvalue weighted by Gasteiger charge is 2.27. The van der Waals surface area contributed by atoms with Crippen LogP contribution in [-0.2, 0) is 19.4 Å². The summed E-state index contributed by atoms with van der Waals surface area (Å²) >= 11 is 5.28. The van der Waals surface area contributed by atoms with E-state index >= 15 is 0 Å². The number of benzene rings is 2. The zero-order chi connectivity index (χ0) is 27.5. The van der Waals surface area contributed by atoms with Crippen LogP contribution in [0.4, 0.5) is 4.39 Å². The predicted molar refractivity (Wildman–Crippen MR) is 156 cm³/mol. The molecule has 1 amide bonds. The van der Waals surface area contributed by atoms with E-state index in [0.717, 1.165) is 63.2 Å². The van der Waals surface area contributed by atoms with Crippen molar-refractivity contribution in [2.75, 3.05) is 7.11 Å². The number of thiophene rings is 1. The fraction of sp³-hybridized carbons (Fsp3) is 0.267. The molecular formula is C30H29BrFN3O3S. The van der Waals surface area contributed by atoms with E-state index in [1.807, 2.05) is 0 Å². The molecule has 6 nitrogen and oxygen atoms in total. The molecule has 202 valence electrons. The first-order valence-corrected chi connectivity index (χ1v) is 14.3. The molecular weight excluding hydrogens is 581 g/mol. The zero-order valence-electron chi connectivity index (χ0n) is 22.0. The van der Waals surface area contributed by atoms with Crippen LogP contribution in [0.3, 0.4) is 0 Å². The Labute approximate surface area is 239 Å². The van der Waals surface area contributed by atoms with E-state index < -0.39 is 0 Å². The highest BCUT2D eigenvalue weighted by Crippen LogP contribution is 2.38. The van der Waals surface area contributed by atoms with Gasteiger partial charge in [0.05, 0.1) is 18.9 Å². The Morgan fingerprint density at radius 1 is 1.10 bits per heavy atom. The summed E-state index contributed by atoms with van der Waals surface area (Å²) in [5.74, 6) is 0.540. The lowest BCUT2D eigenvalue weighted by Gasteiger charge is -2.13. The smallest absolute Gasteiger partial charge is 0.274 e. The maximum absolute atomic E-state index is 13.5. The van der Waals surface area contributed by atoms with Crippen LogP contribution in [0.25, 0.3) is 5.00 Å². The summed E-state index contributed by atoms with van der Waals surface area (Å²) in [4.78, 5) is 14.8. The summed E-state index contributed by atoms with van der Waals surface area (Å²) in [6, 6.07) is 13.9. The number of halogens is 2. The van der Waals surface area contributed by atoms with Crippen molar-refractivity contribution in [1.82, 2.24) is 9.99 Å². The molecule has 4 aromatic rings. The number of aryl methyl sites for hydroxylation is 3. The summed E-state index contributed by atoms with van der Waals surface area (Å²) in [5.41, 5.74) is 8.37. The molecule has 0 fully saturated rings. The number of ether oxygens (including phenoxy) is 2. The predicted octanol–water partition coefficient (Wildman–Crippen LogP) is 7.29. The Balaban J connectivity index is 1.35. The summed E-state index contributed by atoms with van der Waals surface area (Å²) < 4.78 is 27.5. The number of amides is 1. The second-order valence-corrected chi connectivity index (χ2v) is 11.4. The van der Waals surface area contributed by atoms with Gasteiger partial charge in [0.25, 0.3) is 5.91 Å². The van der Waals surface area contributed by atoms with Gasteiger partial charge in [-0.2, -0.15) is 5.10 Å². The summed E-state index contributed by atoms with van der Waals surface area (Å²) in [6.45, 7) is 4.38. The number of hydrogen-bond donors (Lipinski definition) is 1. The molecule has 0 saturated heterocycles. The minimum Gasteiger partial charge on any atom is -0.493 e. The molecule has 5 rings (SSSR count). The van der Waals surface area contributed by atoms with Gasteiger partial charge in [-0.1, -0.05) is 12.1 Å². The lowest BCUT2D eigenvalue weighted by atomic mass is 9.95. The Kier molecular flexibility index (Phi) is 8.18. The number of nitrogens with one attached hydrogen (secondary N) is 1. The third-order valence-electron chi connectivity index (χ3n) is 6.81. The molecule has 0 spiro atoms. The molecule has 0 aliphatic heterocycles. The molecule has 0 saturated carbocycles. The summed E-state index contributed by atoms with van der Waals surface area (Å²) in [7, 11) is 1.56. The van der Waals surface area contributed by atoms with Crippen LogP contribution in [0.15, 0.2) is 58.1 Å². The third-order valence-corrected chi connectivity index (χ3v) is 8.78. The van der Waals surface area contributed by atoms with Gasteiger partial charge in [-0.15, -0.1) is 11.3 Å². The molecule has 2 aromatic heterocycles. The van der Waals surface area contributed by atoms with Crippen LogP contribution >= 0.6 is 27.3 Å². The van der Waals surface area contributed by atoms with Crippen molar-refractivity contribution in [2.24, 2.45) is 5.10 Å². The molecule has 0 bridgehead atoms. The van der Waals surface area contributed by atoms with E-state index in [9.17, 15) is 9.18 Å². The van der Waals surface area contributed by atoms with Gasteiger partial charge >= 0.3 is 0 Å². The Bertz CT molecular complexity index is 1520. The molecule has 0 atom stereocenters. The number of aromatic nitrogens is 1. The number of carbonyl (C=O) groups is 1. The summed E-state index contributed by atoms with van der Waals surface area (Å²) in [5, 5.41) is 5.25. The number of rotatable bonds is 8. The number of methoxy groups -OCH3 is 1. The second-order valence-electron chi connectivity index (χ2n) is 9.48. The van der Waals surface area contributed by atoms with Gasteiger partial charge < -0.3 is 14.0 Å². The molecule has 0 radical (unpaired) electrons. The van der Waals surface area contributed by atoms with Crippen molar-refractivity contribution in [3.63, 3.8) is 0 Å². The number of fused-ring (bicyclic) bond motifs is 1. The highest BCUT2D eigenvalue weighted by molar-refractivity contribution is 9.10. The van der Waals surface area contributed by atoms with Crippen LogP contribution in [-0.4, -0.2) is 23.8 Å². The Morgan fingerprint density at radius 3 is 2.54 bits per heavy atom. The van der Waals surface area contributed by atoms with E-state index in [1.165, 1.54) is 17.0 Å². The maximum atomic E-state index is 13.5. The molecule has 39 heavy (non-hydrogen) atoms. The quantitative estimate of drug-likeness (QED) is 0.168. The fourth-order valence-corrected chi connectivity index (χ4v) is 6.74. The molecule has 0 unspecified atom stereocenters. The van der Waals surface area contributed by atoms with Crippen molar-refractivity contribution < 1.29 is 18.7 Å². The molecule has 2 heterocycles. The highest BCUT2D eigenvalue weighted by atomic mass is 79.9. The van der Waals surface area contributed by atoms with Crippen LogP contribution in [0.1, 0.15) is 56.2 Å². The van der Waals surface area contributed by atoms with Gasteiger partial charge in [-0.05, 0) is 103 Å². The van der Waals surface area contributed by atoms with Crippen molar-refractivity contribution in [2.45, 2.75) is 46.1 Å². The van der Waals surface area contributed by atoms with Gasteiger partial charge in [-0.25, -0.2) is 9.82 Å². The molecule has 2 aromatic carbocycles. The maximum Gasteiger partial charge on any atom is 0.274 e. The molecule has 1 aliphatic rings. The summed E-state index contributed by atoms with van der Waals surface area (Å²) in [6.07, 6.45) is 5.72. The Morgan fingerprint density at radius 2 is 1.82 bits per heavy atom. The second kappa shape index (κ2) is 11.8. The van der Waals surface area contributed by atoms with Crippen LogP contribution < -0.4 is 14.9 Å². The third kappa shape index (κ3) is 5.79. The van der Waals surface area contributed by atoms with E-state index in [2.05, 4.69) is 57.0 Å². The first-order valence-electron chi connectivity index (χ1n) is 12.7. The molecule has 1 aliphatic carbocycles. The largest absolute Gasteiger partial charge is 0.493 e. The standard InChI is InChI=1S/C30H29BrFN3O3S/c1-18-8-9-19(2)35(18)30-28(23-6-4-5-7-27(23)39-30)29(36)34-33-16-21-14-25(37-3)26(15-24(21)31)38-17-20-10-12-22(32)13-11-20/h8-16H,4-7,17H2,1-3H3,(H,34,36)/b33-16+. The lowest BCUT2D eigenvalue weighted by molar-refractivity contribution is 0.0954. The van der Waals surface area contributed by atoms with E-state index in [-0.39, 0.29) is 18.3 Å². The first kappa shape index (κ1) is 27.1. The van der Waals surface area contributed by atoms with Crippen LogP contribution in [0.5, 0.6) is 11.5 Å². The van der Waals surface area contributed by atoms with E-state index in [4.69, 9.17) is 9.47 Å². The Hall–Kier alpha value is -3.43.